The van der Waals surface area contributed by atoms with E-state index in [-0.39, 0.29) is 5.82 Å². The number of hydrogen-bond donors (Lipinski definition) is 0. The van der Waals surface area contributed by atoms with Gasteiger partial charge in [0.1, 0.15) is 5.82 Å². The first-order valence-corrected chi connectivity index (χ1v) is 7.59. The van der Waals surface area contributed by atoms with Crippen LogP contribution >= 0.6 is 15.9 Å². The molecule has 0 saturated carbocycles. The van der Waals surface area contributed by atoms with Crippen LogP contribution in [-0.2, 0) is 0 Å². The number of benzene rings is 1. The summed E-state index contributed by atoms with van der Waals surface area (Å²) in [6.45, 7) is 6.74. The molecule has 1 aliphatic heterocycles. The van der Waals surface area contributed by atoms with Crippen molar-refractivity contribution in [3.63, 3.8) is 0 Å². The van der Waals surface area contributed by atoms with E-state index >= 15 is 0 Å². The predicted molar refractivity (Wildman–Crippen MR) is 78.6 cm³/mol. The fourth-order valence-electron chi connectivity index (χ4n) is 3.17. The summed E-state index contributed by atoms with van der Waals surface area (Å²) in [5.74, 6) is -0.181. The van der Waals surface area contributed by atoms with Crippen LogP contribution in [0.2, 0.25) is 0 Å². The zero-order chi connectivity index (χ0) is 13.2. The summed E-state index contributed by atoms with van der Waals surface area (Å²) in [4.78, 5) is 2.36. The molecule has 0 aliphatic carbocycles. The molecule has 1 saturated heterocycles. The van der Waals surface area contributed by atoms with E-state index in [1.54, 1.807) is 12.1 Å². The Morgan fingerprint density at radius 1 is 1.22 bits per heavy atom. The average molecular weight is 314 g/mol. The molecule has 1 heterocycles. The second-order valence-electron chi connectivity index (χ2n) is 5.45. The van der Waals surface area contributed by atoms with E-state index in [1.807, 2.05) is 6.07 Å². The minimum absolute atomic E-state index is 0.181. The Morgan fingerprint density at radius 2 is 1.83 bits per heavy atom. The topological polar surface area (TPSA) is 3.24 Å². The highest BCUT2D eigenvalue weighted by atomic mass is 79.9. The number of anilines is 1. The van der Waals surface area contributed by atoms with Gasteiger partial charge < -0.3 is 4.90 Å². The van der Waals surface area contributed by atoms with Gasteiger partial charge in [-0.3, -0.25) is 0 Å². The SMILES string of the molecule is CCCC1(CCC)CN(c2ccc(F)cc2Br)C1. The van der Waals surface area contributed by atoms with Crippen LogP contribution in [-0.4, -0.2) is 13.1 Å². The predicted octanol–water partition coefficient (Wildman–Crippen LogP) is 4.99. The van der Waals surface area contributed by atoms with Gasteiger partial charge in [0.25, 0.3) is 0 Å². The molecule has 1 aromatic carbocycles. The van der Waals surface area contributed by atoms with E-state index in [1.165, 1.54) is 25.7 Å². The lowest BCUT2D eigenvalue weighted by Crippen LogP contribution is -2.56. The zero-order valence-electron chi connectivity index (χ0n) is 11.2. The molecule has 1 nitrogen and oxygen atoms in total. The van der Waals surface area contributed by atoms with Crippen molar-refractivity contribution in [1.82, 2.24) is 0 Å². The summed E-state index contributed by atoms with van der Waals surface area (Å²) in [5.41, 5.74) is 1.62. The third-order valence-electron chi connectivity index (χ3n) is 3.86. The normalized spacial score (nSPS) is 17.7. The third kappa shape index (κ3) is 2.71. The molecule has 1 fully saturated rings. The molecule has 0 spiro atoms. The van der Waals surface area contributed by atoms with E-state index < -0.39 is 0 Å². The van der Waals surface area contributed by atoms with Crippen LogP contribution in [0.25, 0.3) is 0 Å². The highest BCUT2D eigenvalue weighted by Gasteiger charge is 2.41. The van der Waals surface area contributed by atoms with E-state index in [0.29, 0.717) is 5.41 Å². The molecule has 2 rings (SSSR count). The maximum atomic E-state index is 13.1. The van der Waals surface area contributed by atoms with Crippen molar-refractivity contribution in [2.24, 2.45) is 5.41 Å². The van der Waals surface area contributed by atoms with Gasteiger partial charge in [-0.15, -0.1) is 0 Å². The molecule has 0 unspecified atom stereocenters. The smallest absolute Gasteiger partial charge is 0.124 e. The van der Waals surface area contributed by atoms with Gasteiger partial charge in [0, 0.05) is 23.0 Å². The van der Waals surface area contributed by atoms with Gasteiger partial charge in [-0.25, -0.2) is 4.39 Å². The van der Waals surface area contributed by atoms with Crippen LogP contribution in [0, 0.1) is 11.2 Å². The van der Waals surface area contributed by atoms with Gasteiger partial charge in [0.05, 0.1) is 5.69 Å². The molecule has 1 aromatic rings. The fourth-order valence-corrected chi connectivity index (χ4v) is 3.78. The van der Waals surface area contributed by atoms with Crippen molar-refractivity contribution in [2.75, 3.05) is 18.0 Å². The Bertz CT molecular complexity index is 405. The van der Waals surface area contributed by atoms with Crippen LogP contribution in [0.3, 0.4) is 0 Å². The second kappa shape index (κ2) is 5.60. The monoisotopic (exact) mass is 313 g/mol. The summed E-state index contributed by atoms with van der Waals surface area (Å²) < 4.78 is 13.9. The minimum Gasteiger partial charge on any atom is -0.369 e. The van der Waals surface area contributed by atoms with Gasteiger partial charge in [-0.05, 0) is 47.0 Å². The molecule has 100 valence electrons. The Kier molecular flexibility index (Phi) is 4.31. The summed E-state index contributed by atoms with van der Waals surface area (Å²) >= 11 is 3.46. The van der Waals surface area contributed by atoms with Crippen LogP contribution in [0.5, 0.6) is 0 Å². The molecule has 0 radical (unpaired) electrons. The summed E-state index contributed by atoms with van der Waals surface area (Å²) in [5, 5.41) is 0. The van der Waals surface area contributed by atoms with Crippen LogP contribution in [0.4, 0.5) is 10.1 Å². The molecule has 0 aromatic heterocycles. The van der Waals surface area contributed by atoms with Crippen molar-refractivity contribution in [3.05, 3.63) is 28.5 Å². The minimum atomic E-state index is -0.181. The fraction of sp³-hybridized carbons (Fsp3) is 0.600. The molecule has 18 heavy (non-hydrogen) atoms. The van der Waals surface area contributed by atoms with Gasteiger partial charge in [0.2, 0.25) is 0 Å². The Morgan fingerprint density at radius 3 is 2.33 bits per heavy atom. The largest absolute Gasteiger partial charge is 0.369 e. The van der Waals surface area contributed by atoms with Gasteiger partial charge in [0.15, 0.2) is 0 Å². The highest BCUT2D eigenvalue weighted by Crippen LogP contribution is 2.43. The van der Waals surface area contributed by atoms with Gasteiger partial charge >= 0.3 is 0 Å². The second-order valence-corrected chi connectivity index (χ2v) is 6.31. The Labute approximate surface area is 118 Å². The molecular formula is C15H21BrFN. The maximum absolute atomic E-state index is 13.1. The van der Waals surface area contributed by atoms with Crippen LogP contribution < -0.4 is 4.90 Å². The number of hydrogen-bond acceptors (Lipinski definition) is 1. The lowest BCUT2D eigenvalue weighted by molar-refractivity contribution is 0.173. The molecular weight excluding hydrogens is 293 g/mol. The van der Waals surface area contributed by atoms with Crippen molar-refractivity contribution < 1.29 is 4.39 Å². The average Bonchev–Trinajstić information content (AvgIpc) is 2.26. The third-order valence-corrected chi connectivity index (χ3v) is 4.50. The van der Waals surface area contributed by atoms with Crippen molar-refractivity contribution in [1.29, 1.82) is 0 Å². The van der Waals surface area contributed by atoms with E-state index in [0.717, 1.165) is 23.2 Å². The Hall–Kier alpha value is -0.570. The number of halogens is 2. The standard InChI is InChI=1S/C15H21BrFN/c1-3-7-15(8-4-2)10-18(11-15)14-6-5-12(17)9-13(14)16/h5-6,9H,3-4,7-8,10-11H2,1-2H3. The molecule has 0 N–H and O–H groups in total. The zero-order valence-corrected chi connectivity index (χ0v) is 12.8. The van der Waals surface area contributed by atoms with Gasteiger partial charge in [-0.1, -0.05) is 26.7 Å². The summed E-state index contributed by atoms with van der Waals surface area (Å²) in [7, 11) is 0. The molecule has 1 aliphatic rings. The van der Waals surface area contributed by atoms with Crippen molar-refractivity contribution >= 4 is 21.6 Å². The summed E-state index contributed by atoms with van der Waals surface area (Å²) in [6, 6.07) is 4.97. The molecule has 0 amide bonds. The van der Waals surface area contributed by atoms with Crippen molar-refractivity contribution in [2.45, 2.75) is 39.5 Å². The molecule has 0 bridgehead atoms. The highest BCUT2D eigenvalue weighted by molar-refractivity contribution is 9.10. The Balaban J connectivity index is 2.06. The summed E-state index contributed by atoms with van der Waals surface area (Å²) in [6.07, 6.45) is 5.10. The lowest BCUT2D eigenvalue weighted by atomic mass is 9.72. The van der Waals surface area contributed by atoms with Crippen LogP contribution in [0.15, 0.2) is 22.7 Å². The first kappa shape index (κ1) is 13.9. The first-order chi connectivity index (χ1) is 8.60. The number of nitrogens with zero attached hydrogens (tertiary/aromatic N) is 1. The van der Waals surface area contributed by atoms with E-state index in [9.17, 15) is 4.39 Å². The maximum Gasteiger partial charge on any atom is 0.124 e. The lowest BCUT2D eigenvalue weighted by Gasteiger charge is -2.52. The number of rotatable bonds is 5. The quantitative estimate of drug-likeness (QED) is 0.739. The molecule has 3 heteroatoms. The van der Waals surface area contributed by atoms with E-state index in [4.69, 9.17) is 0 Å². The first-order valence-electron chi connectivity index (χ1n) is 6.80. The van der Waals surface area contributed by atoms with E-state index in [2.05, 4.69) is 34.7 Å². The van der Waals surface area contributed by atoms with Crippen molar-refractivity contribution in [3.8, 4) is 0 Å². The molecule has 0 atom stereocenters. The van der Waals surface area contributed by atoms with Gasteiger partial charge in [-0.2, -0.15) is 0 Å². The van der Waals surface area contributed by atoms with Crippen LogP contribution in [0.1, 0.15) is 39.5 Å².